The molecule has 1 N–H and O–H groups in total. The van der Waals surface area contributed by atoms with Crippen molar-refractivity contribution in [1.29, 1.82) is 0 Å². The molecule has 0 spiro atoms. The van der Waals surface area contributed by atoms with E-state index < -0.39 is 0 Å². The second kappa shape index (κ2) is 5.30. The summed E-state index contributed by atoms with van der Waals surface area (Å²) in [7, 11) is 0. The highest BCUT2D eigenvalue weighted by Crippen LogP contribution is 2.33. The molecule has 0 aliphatic heterocycles. The first-order valence-electron chi connectivity index (χ1n) is 7.13. The van der Waals surface area contributed by atoms with Crippen LogP contribution in [0.15, 0.2) is 45.7 Å². The molecule has 0 fully saturated rings. The van der Waals surface area contributed by atoms with Gasteiger partial charge in [0.1, 0.15) is 0 Å². The Hall–Kier alpha value is -1.61. The number of nitrogens with one attached hydrogen (secondary N) is 1. The average molecular weight is 344 g/mol. The quantitative estimate of drug-likeness (QED) is 0.859. The number of hydrogen-bond acceptors (Lipinski definition) is 1. The summed E-state index contributed by atoms with van der Waals surface area (Å²) < 4.78 is 1.05. The van der Waals surface area contributed by atoms with Crippen LogP contribution in [0.25, 0.3) is 6.08 Å². The van der Waals surface area contributed by atoms with E-state index in [-0.39, 0.29) is 11.0 Å². The maximum Gasteiger partial charge on any atom is 0.251 e. The van der Waals surface area contributed by atoms with Gasteiger partial charge in [-0.1, -0.05) is 54.1 Å². The van der Waals surface area contributed by atoms with E-state index in [0.29, 0.717) is 6.42 Å². The SMILES string of the molecule is CC1(C)CC=Cc2cc(Cc3ccc(Br)cc3)c(=O)[nH]c21. The van der Waals surface area contributed by atoms with Crippen molar-refractivity contribution in [3.8, 4) is 0 Å². The van der Waals surface area contributed by atoms with Crippen LogP contribution in [-0.2, 0) is 11.8 Å². The monoisotopic (exact) mass is 343 g/mol. The molecule has 0 radical (unpaired) electrons. The number of aromatic amines is 1. The summed E-state index contributed by atoms with van der Waals surface area (Å²) in [6, 6.07) is 10.1. The van der Waals surface area contributed by atoms with Crippen LogP contribution >= 0.6 is 15.9 Å². The molecule has 0 saturated carbocycles. The molecule has 0 saturated heterocycles. The van der Waals surface area contributed by atoms with Crippen LogP contribution in [0.5, 0.6) is 0 Å². The van der Waals surface area contributed by atoms with Crippen LogP contribution in [0.1, 0.15) is 42.7 Å². The Morgan fingerprint density at radius 2 is 1.95 bits per heavy atom. The molecule has 0 amide bonds. The Labute approximate surface area is 133 Å². The van der Waals surface area contributed by atoms with Crippen molar-refractivity contribution in [3.63, 3.8) is 0 Å². The van der Waals surface area contributed by atoms with Gasteiger partial charge < -0.3 is 4.98 Å². The lowest BCUT2D eigenvalue weighted by Crippen LogP contribution is -2.27. The third kappa shape index (κ3) is 2.88. The fraction of sp³-hybridized carbons (Fsp3) is 0.278. The van der Waals surface area contributed by atoms with E-state index in [9.17, 15) is 4.79 Å². The molecule has 3 rings (SSSR count). The van der Waals surface area contributed by atoms with Crippen molar-refractivity contribution < 1.29 is 0 Å². The van der Waals surface area contributed by atoms with E-state index in [1.165, 1.54) is 0 Å². The number of benzene rings is 1. The molecular formula is C18H18BrNO. The number of aromatic nitrogens is 1. The molecule has 2 nitrogen and oxygen atoms in total. The summed E-state index contributed by atoms with van der Waals surface area (Å²) in [4.78, 5) is 15.5. The van der Waals surface area contributed by atoms with Gasteiger partial charge in [-0.2, -0.15) is 0 Å². The fourth-order valence-corrected chi connectivity index (χ4v) is 3.08. The molecule has 0 atom stereocenters. The Morgan fingerprint density at radius 3 is 2.67 bits per heavy atom. The number of fused-ring (bicyclic) bond motifs is 1. The number of H-pyrrole nitrogens is 1. The third-order valence-electron chi connectivity index (χ3n) is 4.06. The molecule has 1 heterocycles. The highest BCUT2D eigenvalue weighted by molar-refractivity contribution is 9.10. The Bertz CT molecular complexity index is 754. The fourth-order valence-electron chi connectivity index (χ4n) is 2.82. The van der Waals surface area contributed by atoms with E-state index in [1.54, 1.807) is 0 Å². The number of hydrogen-bond donors (Lipinski definition) is 1. The van der Waals surface area contributed by atoms with Crippen LogP contribution in [0.3, 0.4) is 0 Å². The van der Waals surface area contributed by atoms with Gasteiger partial charge in [0.15, 0.2) is 0 Å². The number of allylic oxidation sites excluding steroid dienone is 1. The summed E-state index contributed by atoms with van der Waals surface area (Å²) in [5.41, 5.74) is 4.17. The van der Waals surface area contributed by atoms with Crippen LogP contribution in [0.2, 0.25) is 0 Å². The minimum absolute atomic E-state index is 0.000611. The van der Waals surface area contributed by atoms with Gasteiger partial charge in [-0.15, -0.1) is 0 Å². The molecule has 2 aromatic rings. The highest BCUT2D eigenvalue weighted by atomic mass is 79.9. The van der Waals surface area contributed by atoms with Gasteiger partial charge in [-0.3, -0.25) is 4.79 Å². The second-order valence-corrected chi connectivity index (χ2v) is 7.16. The van der Waals surface area contributed by atoms with Crippen LogP contribution < -0.4 is 5.56 Å². The summed E-state index contributed by atoms with van der Waals surface area (Å²) in [5.74, 6) is 0. The van der Waals surface area contributed by atoms with E-state index in [2.05, 4.69) is 46.9 Å². The molecule has 1 aliphatic rings. The highest BCUT2D eigenvalue weighted by Gasteiger charge is 2.26. The van der Waals surface area contributed by atoms with E-state index in [1.807, 2.05) is 30.3 Å². The van der Waals surface area contributed by atoms with Gasteiger partial charge >= 0.3 is 0 Å². The molecule has 1 aromatic carbocycles. The average Bonchev–Trinajstić information content (AvgIpc) is 2.43. The standard InChI is InChI=1S/C18H18BrNO/c1-18(2)9-3-4-13-11-14(17(21)20-16(13)18)10-12-5-7-15(19)8-6-12/h3-8,11H,9-10H2,1-2H3,(H,20,21). The first-order valence-corrected chi connectivity index (χ1v) is 7.93. The Morgan fingerprint density at radius 1 is 1.24 bits per heavy atom. The number of rotatable bonds is 2. The van der Waals surface area contributed by atoms with Gasteiger partial charge in [0.05, 0.1) is 0 Å². The molecule has 1 aliphatic carbocycles. The maximum absolute atomic E-state index is 12.4. The van der Waals surface area contributed by atoms with Crippen molar-refractivity contribution in [3.05, 3.63) is 73.6 Å². The number of pyridine rings is 1. The second-order valence-electron chi connectivity index (χ2n) is 6.25. The predicted octanol–water partition coefficient (Wildman–Crippen LogP) is 4.42. The van der Waals surface area contributed by atoms with E-state index in [4.69, 9.17) is 0 Å². The van der Waals surface area contributed by atoms with Gasteiger partial charge in [0.25, 0.3) is 5.56 Å². The van der Waals surface area contributed by atoms with Gasteiger partial charge in [0.2, 0.25) is 0 Å². The zero-order chi connectivity index (χ0) is 15.0. The van der Waals surface area contributed by atoms with Crippen molar-refractivity contribution >= 4 is 22.0 Å². The minimum Gasteiger partial charge on any atom is -0.325 e. The predicted molar refractivity (Wildman–Crippen MR) is 90.7 cm³/mol. The van der Waals surface area contributed by atoms with Crippen molar-refractivity contribution in [2.75, 3.05) is 0 Å². The lowest BCUT2D eigenvalue weighted by molar-refractivity contribution is 0.508. The van der Waals surface area contributed by atoms with Gasteiger partial charge in [-0.05, 0) is 35.7 Å². The summed E-state index contributed by atoms with van der Waals surface area (Å²) in [6.07, 6.45) is 5.91. The summed E-state index contributed by atoms with van der Waals surface area (Å²) in [6.45, 7) is 4.33. The molecule has 1 aromatic heterocycles. The largest absolute Gasteiger partial charge is 0.325 e. The molecule has 108 valence electrons. The van der Waals surface area contributed by atoms with Crippen molar-refractivity contribution in [2.24, 2.45) is 0 Å². The minimum atomic E-state index is -0.000611. The van der Waals surface area contributed by atoms with E-state index in [0.717, 1.165) is 33.3 Å². The Balaban J connectivity index is 2.00. The zero-order valence-electron chi connectivity index (χ0n) is 12.2. The van der Waals surface area contributed by atoms with Crippen molar-refractivity contribution in [2.45, 2.75) is 32.1 Å². The van der Waals surface area contributed by atoms with Crippen LogP contribution in [0.4, 0.5) is 0 Å². The lowest BCUT2D eigenvalue weighted by atomic mass is 9.79. The first-order chi connectivity index (χ1) is 9.95. The van der Waals surface area contributed by atoms with Crippen LogP contribution in [-0.4, -0.2) is 4.98 Å². The Kier molecular flexibility index (Phi) is 3.62. The topological polar surface area (TPSA) is 32.9 Å². The smallest absolute Gasteiger partial charge is 0.251 e. The molecule has 21 heavy (non-hydrogen) atoms. The van der Waals surface area contributed by atoms with Gasteiger partial charge in [0, 0.05) is 27.6 Å². The normalized spacial score (nSPS) is 15.8. The molecular weight excluding hydrogens is 326 g/mol. The molecule has 3 heteroatoms. The molecule has 0 bridgehead atoms. The number of halogens is 1. The van der Waals surface area contributed by atoms with Gasteiger partial charge in [-0.25, -0.2) is 0 Å². The maximum atomic E-state index is 12.4. The van der Waals surface area contributed by atoms with Crippen molar-refractivity contribution in [1.82, 2.24) is 4.98 Å². The summed E-state index contributed by atoms with van der Waals surface area (Å²) >= 11 is 3.43. The van der Waals surface area contributed by atoms with Crippen LogP contribution in [0, 0.1) is 0 Å². The third-order valence-corrected chi connectivity index (χ3v) is 4.59. The lowest BCUT2D eigenvalue weighted by Gasteiger charge is -2.28. The molecule has 0 unspecified atom stereocenters. The van der Waals surface area contributed by atoms with E-state index >= 15 is 0 Å². The zero-order valence-corrected chi connectivity index (χ0v) is 13.8. The first kappa shape index (κ1) is 14.3. The summed E-state index contributed by atoms with van der Waals surface area (Å²) in [5, 5.41) is 0.